The number of carbonyl (C=O) groups excluding carboxylic acids is 1. The van der Waals surface area contributed by atoms with Gasteiger partial charge in [-0.15, -0.1) is 0 Å². The van der Waals surface area contributed by atoms with Crippen molar-refractivity contribution in [2.24, 2.45) is 5.92 Å². The molecule has 0 N–H and O–H groups in total. The minimum atomic E-state index is -0.423. The number of carbonyl (C=O) groups is 1. The zero-order valence-electron chi connectivity index (χ0n) is 12.7. The fourth-order valence-electron chi connectivity index (χ4n) is 2.13. The Morgan fingerprint density at radius 2 is 2.14 bits per heavy atom. The Morgan fingerprint density at radius 3 is 2.71 bits per heavy atom. The van der Waals surface area contributed by atoms with E-state index in [0.717, 1.165) is 17.6 Å². The van der Waals surface area contributed by atoms with Crippen molar-refractivity contribution in [3.63, 3.8) is 0 Å². The fourth-order valence-corrected chi connectivity index (χ4v) is 2.13. The van der Waals surface area contributed by atoms with E-state index in [1.807, 2.05) is 27.7 Å². The summed E-state index contributed by atoms with van der Waals surface area (Å²) in [5.74, 6) is -0.478. The van der Waals surface area contributed by atoms with E-state index < -0.39 is 5.82 Å². The van der Waals surface area contributed by atoms with Gasteiger partial charge in [0.25, 0.3) is 0 Å². The maximum Gasteiger partial charge on any atom is 0.229 e. The molecule has 112 valence electrons. The second-order valence-corrected chi connectivity index (χ2v) is 5.14. The van der Waals surface area contributed by atoms with Crippen molar-refractivity contribution in [1.82, 2.24) is 14.8 Å². The first-order valence-corrected chi connectivity index (χ1v) is 6.92. The number of pyridine rings is 1. The zero-order valence-corrected chi connectivity index (χ0v) is 12.7. The van der Waals surface area contributed by atoms with Gasteiger partial charge in [0.2, 0.25) is 5.91 Å². The number of aryl methyl sites for hydroxylation is 1. The van der Waals surface area contributed by atoms with E-state index in [9.17, 15) is 9.18 Å². The van der Waals surface area contributed by atoms with E-state index in [0.29, 0.717) is 12.2 Å². The first kappa shape index (κ1) is 15.2. The molecule has 0 bridgehead atoms. The molecule has 5 nitrogen and oxygen atoms in total. The van der Waals surface area contributed by atoms with Gasteiger partial charge in [-0.25, -0.2) is 9.07 Å². The van der Waals surface area contributed by atoms with Crippen molar-refractivity contribution in [2.75, 3.05) is 11.4 Å². The van der Waals surface area contributed by atoms with Gasteiger partial charge in [-0.05, 0) is 13.8 Å². The molecule has 1 amide bonds. The lowest BCUT2D eigenvalue weighted by atomic mass is 10.2. The highest BCUT2D eigenvalue weighted by atomic mass is 19.1. The Labute approximate surface area is 123 Å². The van der Waals surface area contributed by atoms with Gasteiger partial charge in [-0.2, -0.15) is 5.10 Å². The first-order chi connectivity index (χ1) is 9.93. The Kier molecular flexibility index (Phi) is 4.35. The summed E-state index contributed by atoms with van der Waals surface area (Å²) < 4.78 is 14.8. The third-order valence-electron chi connectivity index (χ3n) is 3.19. The van der Waals surface area contributed by atoms with Gasteiger partial charge in [0, 0.05) is 18.5 Å². The summed E-state index contributed by atoms with van der Waals surface area (Å²) in [6, 6.07) is 1.35. The van der Waals surface area contributed by atoms with Crippen LogP contribution in [0.1, 0.15) is 26.5 Å². The Morgan fingerprint density at radius 1 is 1.43 bits per heavy atom. The van der Waals surface area contributed by atoms with Gasteiger partial charge in [0.1, 0.15) is 5.82 Å². The lowest BCUT2D eigenvalue weighted by Gasteiger charge is -2.21. The van der Waals surface area contributed by atoms with E-state index in [-0.39, 0.29) is 11.8 Å². The molecule has 0 fully saturated rings. The van der Waals surface area contributed by atoms with Crippen LogP contribution >= 0.6 is 0 Å². The summed E-state index contributed by atoms with van der Waals surface area (Å²) in [5.41, 5.74) is 1.98. The third kappa shape index (κ3) is 3.09. The minimum Gasteiger partial charge on any atom is -0.309 e. The van der Waals surface area contributed by atoms with E-state index in [1.165, 1.54) is 16.9 Å². The Bertz CT molecular complexity index is 651. The molecule has 0 saturated carbocycles. The van der Waals surface area contributed by atoms with Crippen molar-refractivity contribution in [2.45, 2.75) is 27.7 Å². The second kappa shape index (κ2) is 6.03. The second-order valence-electron chi connectivity index (χ2n) is 5.14. The van der Waals surface area contributed by atoms with Crippen LogP contribution < -0.4 is 4.90 Å². The highest BCUT2D eigenvalue weighted by Gasteiger charge is 2.21. The maximum atomic E-state index is 13.3. The van der Waals surface area contributed by atoms with Crippen LogP contribution in [0.4, 0.5) is 10.1 Å². The maximum absolute atomic E-state index is 13.3. The lowest BCUT2D eigenvalue weighted by molar-refractivity contribution is -0.121. The molecule has 2 aromatic heterocycles. The number of hydrogen-bond acceptors (Lipinski definition) is 3. The third-order valence-corrected chi connectivity index (χ3v) is 3.19. The summed E-state index contributed by atoms with van der Waals surface area (Å²) in [6.07, 6.45) is 4.40. The minimum absolute atomic E-state index is 0.0394. The van der Waals surface area contributed by atoms with Crippen LogP contribution in [-0.4, -0.2) is 27.2 Å². The van der Waals surface area contributed by atoms with Crippen LogP contribution in [-0.2, 0) is 4.79 Å². The monoisotopic (exact) mass is 290 g/mol. The topological polar surface area (TPSA) is 51.0 Å². The standard InChI is InChI=1S/C15H19FN4O/c1-5-19(15(21)10(2)3)14-9-20(18-11(14)4)13-6-12(16)7-17-8-13/h6-10H,5H2,1-4H3. The Hall–Kier alpha value is -2.24. The summed E-state index contributed by atoms with van der Waals surface area (Å²) in [5, 5.41) is 4.35. The SMILES string of the molecule is CCN(C(=O)C(C)C)c1cn(-c2cncc(F)c2)nc1C. The summed E-state index contributed by atoms with van der Waals surface area (Å²) in [6.45, 7) is 8.03. The van der Waals surface area contributed by atoms with Crippen LogP contribution in [0.3, 0.4) is 0 Å². The highest BCUT2D eigenvalue weighted by molar-refractivity contribution is 5.95. The molecular formula is C15H19FN4O. The van der Waals surface area contributed by atoms with Crippen LogP contribution in [0.2, 0.25) is 0 Å². The largest absolute Gasteiger partial charge is 0.309 e. The quantitative estimate of drug-likeness (QED) is 0.870. The molecular weight excluding hydrogens is 271 g/mol. The molecule has 0 saturated heterocycles. The summed E-state index contributed by atoms with van der Waals surface area (Å²) in [4.78, 5) is 17.7. The molecule has 6 heteroatoms. The lowest BCUT2D eigenvalue weighted by Crippen LogP contribution is -2.34. The van der Waals surface area contributed by atoms with Gasteiger partial charge in [0.15, 0.2) is 0 Å². The molecule has 0 spiro atoms. The van der Waals surface area contributed by atoms with Crippen molar-refractivity contribution in [3.05, 3.63) is 36.2 Å². The summed E-state index contributed by atoms with van der Waals surface area (Å²) in [7, 11) is 0. The first-order valence-electron chi connectivity index (χ1n) is 6.92. The van der Waals surface area contributed by atoms with Crippen molar-refractivity contribution >= 4 is 11.6 Å². The Balaban J connectivity index is 2.41. The number of anilines is 1. The van der Waals surface area contributed by atoms with E-state index in [4.69, 9.17) is 0 Å². The predicted molar refractivity (Wildman–Crippen MR) is 78.9 cm³/mol. The highest BCUT2D eigenvalue weighted by Crippen LogP contribution is 2.22. The van der Waals surface area contributed by atoms with Gasteiger partial charge in [-0.3, -0.25) is 9.78 Å². The number of nitrogens with zero attached hydrogens (tertiary/aromatic N) is 4. The van der Waals surface area contributed by atoms with Gasteiger partial charge in [-0.1, -0.05) is 13.8 Å². The fraction of sp³-hybridized carbons (Fsp3) is 0.400. The van der Waals surface area contributed by atoms with Crippen molar-refractivity contribution < 1.29 is 9.18 Å². The number of rotatable bonds is 4. The van der Waals surface area contributed by atoms with Crippen LogP contribution in [0.5, 0.6) is 0 Å². The number of amides is 1. The normalized spacial score (nSPS) is 11.0. The van der Waals surface area contributed by atoms with Crippen LogP contribution in [0.15, 0.2) is 24.7 Å². The summed E-state index contributed by atoms with van der Waals surface area (Å²) >= 11 is 0. The molecule has 0 aliphatic carbocycles. The number of aromatic nitrogens is 3. The molecule has 0 aliphatic heterocycles. The average Bonchev–Trinajstić information content (AvgIpc) is 2.82. The van der Waals surface area contributed by atoms with Gasteiger partial charge >= 0.3 is 0 Å². The predicted octanol–water partition coefficient (Wildman–Crippen LogP) is 2.72. The van der Waals surface area contributed by atoms with Gasteiger partial charge in [0.05, 0.1) is 35.7 Å². The molecule has 0 radical (unpaired) electrons. The molecule has 21 heavy (non-hydrogen) atoms. The molecule has 2 rings (SSSR count). The van der Waals surface area contributed by atoms with E-state index in [2.05, 4.69) is 10.1 Å². The van der Waals surface area contributed by atoms with E-state index in [1.54, 1.807) is 11.1 Å². The molecule has 0 aromatic carbocycles. The van der Waals surface area contributed by atoms with Crippen molar-refractivity contribution in [1.29, 1.82) is 0 Å². The van der Waals surface area contributed by atoms with Gasteiger partial charge < -0.3 is 4.90 Å². The number of hydrogen-bond donors (Lipinski definition) is 0. The van der Waals surface area contributed by atoms with E-state index >= 15 is 0 Å². The zero-order chi connectivity index (χ0) is 15.6. The molecule has 0 atom stereocenters. The molecule has 2 heterocycles. The average molecular weight is 290 g/mol. The number of halogens is 1. The van der Waals surface area contributed by atoms with Crippen LogP contribution in [0.25, 0.3) is 5.69 Å². The molecule has 2 aromatic rings. The van der Waals surface area contributed by atoms with Crippen LogP contribution in [0, 0.1) is 18.7 Å². The smallest absolute Gasteiger partial charge is 0.229 e. The van der Waals surface area contributed by atoms with Crippen molar-refractivity contribution in [3.8, 4) is 5.69 Å². The molecule has 0 aliphatic rings. The molecule has 0 unspecified atom stereocenters.